The summed E-state index contributed by atoms with van der Waals surface area (Å²) in [5, 5.41) is 9.17. The van der Waals surface area contributed by atoms with Gasteiger partial charge in [-0.15, -0.1) is 11.3 Å². The van der Waals surface area contributed by atoms with Crippen LogP contribution < -0.4 is 10.6 Å². The quantitative estimate of drug-likeness (QED) is 0.717. The lowest BCUT2D eigenvalue weighted by molar-refractivity contribution is 0.503. The first-order valence-electron chi connectivity index (χ1n) is 6.64. The lowest BCUT2D eigenvalue weighted by atomic mass is 10.3. The van der Waals surface area contributed by atoms with Gasteiger partial charge in [0.2, 0.25) is 0 Å². The molecule has 4 nitrogen and oxygen atoms in total. The summed E-state index contributed by atoms with van der Waals surface area (Å²) in [6, 6.07) is 0.522. The van der Waals surface area contributed by atoms with E-state index < -0.39 is 0 Å². The third-order valence-electron chi connectivity index (χ3n) is 2.97. The fraction of sp³-hybridized carbons (Fsp3) is 0.615. The molecule has 2 N–H and O–H groups in total. The molecule has 2 aromatic heterocycles. The molecule has 0 saturated carbocycles. The third kappa shape index (κ3) is 3.54. The molecule has 0 amide bonds. The molecule has 2 aromatic rings. The van der Waals surface area contributed by atoms with Crippen molar-refractivity contribution in [2.75, 3.05) is 19.6 Å². The van der Waals surface area contributed by atoms with Crippen molar-refractivity contribution in [2.45, 2.75) is 32.7 Å². The highest BCUT2D eigenvalue weighted by molar-refractivity contribution is 7.15. The topological polar surface area (TPSA) is 41.4 Å². The van der Waals surface area contributed by atoms with Gasteiger partial charge in [0, 0.05) is 49.0 Å². The van der Waals surface area contributed by atoms with E-state index in [0.717, 1.165) is 31.0 Å². The Labute approximate surface area is 112 Å². The van der Waals surface area contributed by atoms with Gasteiger partial charge in [0.15, 0.2) is 4.96 Å². The van der Waals surface area contributed by atoms with Crippen LogP contribution >= 0.6 is 11.3 Å². The second-order valence-corrected chi connectivity index (χ2v) is 5.45. The van der Waals surface area contributed by atoms with Gasteiger partial charge in [0.25, 0.3) is 0 Å². The van der Waals surface area contributed by atoms with Crippen LogP contribution in [0.2, 0.25) is 0 Å². The first kappa shape index (κ1) is 13.5. The molecule has 0 aromatic carbocycles. The van der Waals surface area contributed by atoms with Gasteiger partial charge < -0.3 is 10.6 Å². The summed E-state index contributed by atoms with van der Waals surface area (Å²) in [7, 11) is 0. The van der Waals surface area contributed by atoms with E-state index >= 15 is 0 Å². The molecule has 2 rings (SSSR count). The molecule has 0 spiro atoms. The number of fused-ring (bicyclic) bond motifs is 1. The second-order valence-electron chi connectivity index (χ2n) is 4.62. The molecule has 0 bridgehead atoms. The van der Waals surface area contributed by atoms with Gasteiger partial charge in [-0.2, -0.15) is 0 Å². The largest absolute Gasteiger partial charge is 0.315 e. The highest BCUT2D eigenvalue weighted by Crippen LogP contribution is 2.14. The first-order chi connectivity index (χ1) is 8.81. The van der Waals surface area contributed by atoms with Crippen molar-refractivity contribution < 1.29 is 0 Å². The zero-order valence-electron chi connectivity index (χ0n) is 11.1. The molecule has 1 atom stereocenters. The monoisotopic (exact) mass is 266 g/mol. The predicted octanol–water partition coefficient (Wildman–Crippen LogP) is 1.92. The summed E-state index contributed by atoms with van der Waals surface area (Å²) in [4.78, 5) is 5.37. The second kappa shape index (κ2) is 6.87. The van der Waals surface area contributed by atoms with Crippen LogP contribution in [0, 0.1) is 0 Å². The molecule has 2 heterocycles. The van der Waals surface area contributed by atoms with Crippen LogP contribution in [0.5, 0.6) is 0 Å². The highest BCUT2D eigenvalue weighted by atomic mass is 32.1. The average Bonchev–Trinajstić information content (AvgIpc) is 2.94. The molecular formula is C13H22N4S. The Morgan fingerprint density at radius 3 is 3.17 bits per heavy atom. The maximum Gasteiger partial charge on any atom is 0.193 e. The maximum absolute atomic E-state index is 4.28. The lowest BCUT2D eigenvalue weighted by Gasteiger charge is -2.14. The molecule has 18 heavy (non-hydrogen) atoms. The minimum atomic E-state index is 0.522. The van der Waals surface area contributed by atoms with Crippen molar-refractivity contribution in [2.24, 2.45) is 0 Å². The Morgan fingerprint density at radius 1 is 1.44 bits per heavy atom. The van der Waals surface area contributed by atoms with E-state index in [-0.39, 0.29) is 0 Å². The normalized spacial score (nSPS) is 13.2. The van der Waals surface area contributed by atoms with Crippen molar-refractivity contribution in [3.63, 3.8) is 0 Å². The van der Waals surface area contributed by atoms with Crippen LogP contribution in [0.3, 0.4) is 0 Å². The number of imidazole rings is 1. The molecule has 100 valence electrons. The highest BCUT2D eigenvalue weighted by Gasteiger charge is 2.04. The summed E-state index contributed by atoms with van der Waals surface area (Å²) in [6.45, 7) is 7.57. The summed E-state index contributed by atoms with van der Waals surface area (Å²) < 4.78 is 2.17. The van der Waals surface area contributed by atoms with Gasteiger partial charge in [-0.1, -0.05) is 6.92 Å². The summed E-state index contributed by atoms with van der Waals surface area (Å²) in [5.74, 6) is 0. The predicted molar refractivity (Wildman–Crippen MR) is 77.4 cm³/mol. The van der Waals surface area contributed by atoms with E-state index in [1.807, 2.05) is 12.4 Å². The van der Waals surface area contributed by atoms with E-state index in [9.17, 15) is 0 Å². The average molecular weight is 266 g/mol. The molecule has 0 radical (unpaired) electrons. The summed E-state index contributed by atoms with van der Waals surface area (Å²) in [6.07, 6.45) is 6.14. The SMILES string of the molecule is CCCNCC(C)NCCc1csc2nccn12. The van der Waals surface area contributed by atoms with Crippen LogP contribution in [-0.4, -0.2) is 35.1 Å². The van der Waals surface area contributed by atoms with E-state index in [1.165, 1.54) is 12.1 Å². The zero-order valence-corrected chi connectivity index (χ0v) is 12.0. The maximum atomic E-state index is 4.28. The van der Waals surface area contributed by atoms with E-state index in [1.54, 1.807) is 11.3 Å². The van der Waals surface area contributed by atoms with Crippen molar-refractivity contribution in [1.29, 1.82) is 0 Å². The fourth-order valence-electron chi connectivity index (χ4n) is 1.97. The van der Waals surface area contributed by atoms with Crippen molar-refractivity contribution in [3.05, 3.63) is 23.5 Å². The van der Waals surface area contributed by atoms with Gasteiger partial charge in [-0.3, -0.25) is 4.40 Å². The Morgan fingerprint density at radius 2 is 2.33 bits per heavy atom. The fourth-order valence-corrected chi connectivity index (χ4v) is 2.85. The van der Waals surface area contributed by atoms with Gasteiger partial charge in [0.1, 0.15) is 0 Å². The van der Waals surface area contributed by atoms with E-state index in [4.69, 9.17) is 0 Å². The van der Waals surface area contributed by atoms with Crippen LogP contribution in [0.1, 0.15) is 26.0 Å². The number of hydrogen-bond acceptors (Lipinski definition) is 4. The van der Waals surface area contributed by atoms with Crippen LogP contribution in [-0.2, 0) is 6.42 Å². The molecule has 5 heteroatoms. The number of rotatable bonds is 8. The first-order valence-corrected chi connectivity index (χ1v) is 7.52. The van der Waals surface area contributed by atoms with Crippen LogP contribution in [0.4, 0.5) is 0 Å². The Bertz CT molecular complexity index is 462. The van der Waals surface area contributed by atoms with Gasteiger partial charge in [-0.05, 0) is 19.9 Å². The van der Waals surface area contributed by atoms with Gasteiger partial charge in [-0.25, -0.2) is 4.98 Å². The van der Waals surface area contributed by atoms with Crippen molar-refractivity contribution in [1.82, 2.24) is 20.0 Å². The molecular weight excluding hydrogens is 244 g/mol. The Kier molecular flexibility index (Phi) is 5.16. The van der Waals surface area contributed by atoms with Gasteiger partial charge >= 0.3 is 0 Å². The Balaban J connectivity index is 1.70. The van der Waals surface area contributed by atoms with Crippen molar-refractivity contribution in [3.8, 4) is 0 Å². The van der Waals surface area contributed by atoms with Gasteiger partial charge in [0.05, 0.1) is 0 Å². The molecule has 0 saturated heterocycles. The lowest BCUT2D eigenvalue weighted by Crippen LogP contribution is -2.37. The minimum Gasteiger partial charge on any atom is -0.315 e. The van der Waals surface area contributed by atoms with E-state index in [0.29, 0.717) is 6.04 Å². The van der Waals surface area contributed by atoms with Crippen LogP contribution in [0.15, 0.2) is 17.8 Å². The third-order valence-corrected chi connectivity index (χ3v) is 3.87. The van der Waals surface area contributed by atoms with Crippen LogP contribution in [0.25, 0.3) is 4.96 Å². The van der Waals surface area contributed by atoms with E-state index in [2.05, 4.69) is 39.2 Å². The molecule has 0 aliphatic rings. The minimum absolute atomic E-state index is 0.522. The molecule has 0 fully saturated rings. The smallest absolute Gasteiger partial charge is 0.193 e. The number of nitrogens with one attached hydrogen (secondary N) is 2. The Hall–Kier alpha value is -0.910. The summed E-state index contributed by atoms with van der Waals surface area (Å²) >= 11 is 1.71. The molecule has 0 aliphatic heterocycles. The molecule has 1 unspecified atom stereocenters. The summed E-state index contributed by atoms with van der Waals surface area (Å²) in [5.41, 5.74) is 1.34. The number of nitrogens with zero attached hydrogens (tertiary/aromatic N) is 2. The standard InChI is InChI=1S/C13H22N4S/c1-3-5-14-9-11(2)15-6-4-12-10-18-13-16-7-8-17(12)13/h7-8,10-11,14-15H,3-6,9H2,1-2H3. The number of aromatic nitrogens is 2. The zero-order chi connectivity index (χ0) is 12.8. The number of thiazole rings is 1. The number of hydrogen-bond donors (Lipinski definition) is 2. The van der Waals surface area contributed by atoms with Crippen molar-refractivity contribution >= 4 is 16.3 Å². The molecule has 0 aliphatic carbocycles.